The van der Waals surface area contributed by atoms with Crippen molar-refractivity contribution in [2.75, 3.05) is 6.67 Å². The summed E-state index contributed by atoms with van der Waals surface area (Å²) in [5, 5.41) is 0. The third-order valence-electron chi connectivity index (χ3n) is 1.11. The van der Waals surface area contributed by atoms with Crippen LogP contribution in [0.2, 0.25) is 0 Å². The van der Waals surface area contributed by atoms with Crippen LogP contribution in [0.1, 0.15) is 25.7 Å². The van der Waals surface area contributed by atoms with Crippen molar-refractivity contribution in [1.29, 1.82) is 0 Å². The average Bonchev–Trinajstić information content (AvgIpc) is 1.80. The van der Waals surface area contributed by atoms with E-state index in [0.29, 0.717) is 12.8 Å². The smallest absolute Gasteiger partial charge is 0.113 e. The van der Waals surface area contributed by atoms with Gasteiger partial charge in [0.1, 0.15) is 5.91 Å². The van der Waals surface area contributed by atoms with Crippen molar-refractivity contribution in [2.24, 2.45) is 0 Å². The van der Waals surface area contributed by atoms with Gasteiger partial charge in [0.05, 0.1) is 6.67 Å². The van der Waals surface area contributed by atoms with Crippen molar-refractivity contribution in [2.45, 2.75) is 31.6 Å². The highest BCUT2D eigenvalue weighted by Crippen LogP contribution is 2.11. The first-order valence-electron chi connectivity index (χ1n) is 3.23. The van der Waals surface area contributed by atoms with Crippen LogP contribution in [-0.2, 0) is 0 Å². The highest BCUT2D eigenvalue weighted by Gasteiger charge is 1.96. The van der Waals surface area contributed by atoms with Gasteiger partial charge in [0.25, 0.3) is 0 Å². The molecule has 0 spiro atoms. The number of hydrogen-bond acceptors (Lipinski definition) is 0. The van der Waals surface area contributed by atoms with Gasteiger partial charge in [-0.05, 0) is 12.8 Å². The molecular weight excluding hydrogens is 141 g/mol. The highest BCUT2D eigenvalue weighted by atomic mass is 31.0. The minimum Gasteiger partial charge on any atom is -0.251 e. The van der Waals surface area contributed by atoms with E-state index in [0.717, 1.165) is 12.8 Å². The van der Waals surface area contributed by atoms with Crippen molar-refractivity contribution in [3.05, 3.63) is 0 Å². The van der Waals surface area contributed by atoms with Crippen LogP contribution in [0.25, 0.3) is 0 Å². The molecule has 2 atom stereocenters. The molecule has 0 bridgehead atoms. The fraction of sp³-hybridized carbons (Fsp3) is 1.00. The molecule has 0 amide bonds. The first-order chi connectivity index (χ1) is 4.27. The normalized spacial score (nSPS) is 13.7. The van der Waals surface area contributed by atoms with Gasteiger partial charge in [0.15, 0.2) is 0 Å². The zero-order chi connectivity index (χ0) is 7.11. The fourth-order valence-corrected chi connectivity index (χ4v) is 0.846. The van der Waals surface area contributed by atoms with E-state index < -0.39 is 5.91 Å². The van der Waals surface area contributed by atoms with E-state index in [2.05, 4.69) is 9.24 Å². The maximum atomic E-state index is 12.0. The second-order valence-corrected chi connectivity index (χ2v) is 2.78. The Hall–Kier alpha value is 0.290. The van der Waals surface area contributed by atoms with Gasteiger partial charge in [0, 0.05) is 0 Å². The Labute approximate surface area is 57.2 Å². The van der Waals surface area contributed by atoms with E-state index in [-0.39, 0.29) is 6.67 Å². The molecule has 0 aliphatic carbocycles. The Morgan fingerprint density at radius 3 is 2.33 bits per heavy atom. The molecular formula is C6H13F2P. The molecule has 0 saturated carbocycles. The van der Waals surface area contributed by atoms with Gasteiger partial charge in [-0.25, -0.2) is 4.39 Å². The number of unbranched alkanes of at least 4 members (excludes halogenated alkanes) is 2. The molecule has 0 aromatic rings. The number of rotatable bonds is 5. The molecule has 0 saturated heterocycles. The zero-order valence-corrected chi connectivity index (χ0v) is 6.60. The topological polar surface area (TPSA) is 0 Å². The standard InChI is InChI=1S/C6H13F2P/c7-5-3-1-2-4-6(8)9/h6H,1-5,9H2. The molecule has 3 heteroatoms. The predicted molar refractivity (Wildman–Crippen MR) is 39.0 cm³/mol. The molecule has 0 aliphatic rings. The van der Waals surface area contributed by atoms with Crippen LogP contribution in [0, 0.1) is 0 Å². The molecule has 2 unspecified atom stereocenters. The fourth-order valence-electron chi connectivity index (χ4n) is 0.611. The summed E-state index contributed by atoms with van der Waals surface area (Å²) in [6, 6.07) is 0. The van der Waals surface area contributed by atoms with Gasteiger partial charge in [0.2, 0.25) is 0 Å². The van der Waals surface area contributed by atoms with E-state index in [1.54, 1.807) is 0 Å². The molecule has 0 nitrogen and oxygen atoms in total. The summed E-state index contributed by atoms with van der Waals surface area (Å²) in [5.41, 5.74) is 0. The number of hydrogen-bond donors (Lipinski definition) is 0. The lowest BCUT2D eigenvalue weighted by Crippen LogP contribution is -1.87. The number of alkyl halides is 2. The van der Waals surface area contributed by atoms with E-state index in [4.69, 9.17) is 0 Å². The summed E-state index contributed by atoms with van der Waals surface area (Å²) in [7, 11) is 2.08. The summed E-state index contributed by atoms with van der Waals surface area (Å²) < 4.78 is 23.4. The third-order valence-corrected chi connectivity index (χ3v) is 1.45. The minimum absolute atomic E-state index is 0.270. The van der Waals surface area contributed by atoms with Crippen LogP contribution >= 0.6 is 9.24 Å². The predicted octanol–water partition coefficient (Wildman–Crippen LogP) is 2.69. The highest BCUT2D eigenvalue weighted by molar-refractivity contribution is 7.17. The lowest BCUT2D eigenvalue weighted by Gasteiger charge is -1.98. The van der Waals surface area contributed by atoms with Gasteiger partial charge >= 0.3 is 0 Å². The van der Waals surface area contributed by atoms with Crippen LogP contribution in [0.15, 0.2) is 0 Å². The van der Waals surface area contributed by atoms with E-state index in [1.807, 2.05) is 0 Å². The SMILES string of the molecule is FCCCCCC(F)P. The molecule has 0 fully saturated rings. The Morgan fingerprint density at radius 1 is 1.22 bits per heavy atom. The van der Waals surface area contributed by atoms with Gasteiger partial charge in [-0.1, -0.05) is 12.8 Å². The zero-order valence-electron chi connectivity index (χ0n) is 5.45. The van der Waals surface area contributed by atoms with Gasteiger partial charge in [-0.3, -0.25) is 4.39 Å². The monoisotopic (exact) mass is 154 g/mol. The lowest BCUT2D eigenvalue weighted by molar-refractivity contribution is 0.399. The average molecular weight is 154 g/mol. The molecule has 0 heterocycles. The molecule has 0 aliphatic heterocycles. The van der Waals surface area contributed by atoms with Crippen molar-refractivity contribution in [1.82, 2.24) is 0 Å². The summed E-state index contributed by atoms with van der Waals surface area (Å²) >= 11 is 0. The van der Waals surface area contributed by atoms with E-state index in [1.165, 1.54) is 0 Å². The Bertz CT molecular complexity index is 57.0. The second-order valence-electron chi connectivity index (χ2n) is 2.05. The van der Waals surface area contributed by atoms with Crippen LogP contribution in [0.3, 0.4) is 0 Å². The van der Waals surface area contributed by atoms with Crippen LogP contribution in [0.5, 0.6) is 0 Å². The van der Waals surface area contributed by atoms with Gasteiger partial charge in [-0.2, -0.15) is 0 Å². The summed E-state index contributed by atoms with van der Waals surface area (Å²) in [5.74, 6) is -0.801. The number of halogens is 2. The van der Waals surface area contributed by atoms with Gasteiger partial charge in [-0.15, -0.1) is 9.24 Å². The quantitative estimate of drug-likeness (QED) is 0.422. The summed E-state index contributed by atoms with van der Waals surface area (Å²) in [6.45, 7) is -0.270. The summed E-state index contributed by atoms with van der Waals surface area (Å²) in [6.07, 6.45) is 2.74. The van der Waals surface area contributed by atoms with Crippen molar-refractivity contribution < 1.29 is 8.78 Å². The Kier molecular flexibility index (Phi) is 6.62. The maximum absolute atomic E-state index is 12.0. The molecule has 9 heavy (non-hydrogen) atoms. The maximum Gasteiger partial charge on any atom is 0.113 e. The molecule has 0 aromatic carbocycles. The van der Waals surface area contributed by atoms with Crippen molar-refractivity contribution in [3.63, 3.8) is 0 Å². The van der Waals surface area contributed by atoms with E-state index in [9.17, 15) is 8.78 Å². The lowest BCUT2D eigenvalue weighted by atomic mass is 10.2. The molecule has 0 aromatic heterocycles. The van der Waals surface area contributed by atoms with Crippen LogP contribution in [-0.4, -0.2) is 12.6 Å². The largest absolute Gasteiger partial charge is 0.251 e. The molecule has 56 valence electrons. The first-order valence-corrected chi connectivity index (χ1v) is 3.89. The van der Waals surface area contributed by atoms with Crippen LogP contribution < -0.4 is 0 Å². The van der Waals surface area contributed by atoms with Crippen molar-refractivity contribution in [3.8, 4) is 0 Å². The second kappa shape index (κ2) is 6.41. The summed E-state index contributed by atoms with van der Waals surface area (Å²) in [4.78, 5) is 0. The van der Waals surface area contributed by atoms with Crippen molar-refractivity contribution >= 4 is 9.24 Å². The minimum atomic E-state index is -0.801. The van der Waals surface area contributed by atoms with Gasteiger partial charge < -0.3 is 0 Å². The Morgan fingerprint density at radius 2 is 1.89 bits per heavy atom. The third kappa shape index (κ3) is 8.29. The van der Waals surface area contributed by atoms with Crippen LogP contribution in [0.4, 0.5) is 8.78 Å². The first kappa shape index (κ1) is 9.29. The molecule has 0 radical (unpaired) electrons. The Balaban J connectivity index is 2.75. The molecule has 0 N–H and O–H groups in total. The van der Waals surface area contributed by atoms with E-state index >= 15 is 0 Å². The molecule has 0 rings (SSSR count).